The van der Waals surface area contributed by atoms with Crippen LogP contribution in [0.15, 0.2) is 30.3 Å². The fourth-order valence-corrected chi connectivity index (χ4v) is 6.12. The average molecular weight is 401 g/mol. The second-order valence-electron chi connectivity index (χ2n) is 11.5. The number of benzene rings is 1. The van der Waals surface area contributed by atoms with E-state index in [2.05, 4.69) is 65.4 Å². The maximum atomic E-state index is 12.7. The lowest BCUT2D eigenvalue weighted by Crippen LogP contribution is -2.76. The van der Waals surface area contributed by atoms with Crippen LogP contribution in [0, 0.1) is 0 Å². The molecule has 0 atom stereocenters. The van der Waals surface area contributed by atoms with Gasteiger partial charge in [0.15, 0.2) is 0 Å². The molecule has 3 rings (SSSR count). The van der Waals surface area contributed by atoms with Crippen LogP contribution in [-0.4, -0.2) is 44.2 Å². The van der Waals surface area contributed by atoms with Crippen molar-refractivity contribution in [2.75, 3.05) is 0 Å². The number of esters is 1. The van der Waals surface area contributed by atoms with E-state index < -0.39 is 0 Å². The second kappa shape index (κ2) is 7.39. The highest BCUT2D eigenvalue weighted by atomic mass is 16.5. The van der Waals surface area contributed by atoms with Crippen molar-refractivity contribution in [1.82, 2.24) is 10.0 Å². The number of hydrogen-bond donors (Lipinski definition) is 0. The SMILES string of the molecule is CC1(C)CCCC(C)(C)N1N1C(C)(C)CC(OC(=O)c2ccccc2)CC1(C)C. The molecule has 0 aliphatic carbocycles. The number of hydrogen-bond acceptors (Lipinski definition) is 4. The van der Waals surface area contributed by atoms with E-state index in [9.17, 15) is 4.79 Å². The third-order valence-corrected chi connectivity index (χ3v) is 6.81. The van der Waals surface area contributed by atoms with Gasteiger partial charge in [-0.05, 0) is 86.8 Å². The van der Waals surface area contributed by atoms with Crippen LogP contribution in [0.5, 0.6) is 0 Å². The van der Waals surface area contributed by atoms with Gasteiger partial charge in [0.1, 0.15) is 6.10 Å². The molecule has 4 nitrogen and oxygen atoms in total. The molecule has 29 heavy (non-hydrogen) atoms. The van der Waals surface area contributed by atoms with Gasteiger partial charge in [-0.2, -0.15) is 0 Å². The van der Waals surface area contributed by atoms with Gasteiger partial charge in [-0.1, -0.05) is 18.2 Å². The van der Waals surface area contributed by atoms with Crippen molar-refractivity contribution in [1.29, 1.82) is 0 Å². The topological polar surface area (TPSA) is 32.8 Å². The Morgan fingerprint density at radius 3 is 1.72 bits per heavy atom. The first kappa shape index (κ1) is 22.3. The molecule has 2 aliphatic rings. The van der Waals surface area contributed by atoms with E-state index in [-0.39, 0.29) is 34.2 Å². The number of ether oxygens (including phenoxy) is 1. The Balaban J connectivity index is 1.87. The molecule has 1 aromatic rings. The molecule has 0 aromatic heterocycles. The largest absolute Gasteiger partial charge is 0.459 e. The summed E-state index contributed by atoms with van der Waals surface area (Å²) in [7, 11) is 0. The standard InChI is InChI=1S/C25H40N2O2/c1-22(2)15-12-16-23(3,4)26(22)27-24(5,6)17-20(18-25(27,7)8)29-21(28)19-13-10-9-11-14-19/h9-11,13-14,20H,12,15-18H2,1-8H3. The van der Waals surface area contributed by atoms with E-state index in [1.807, 2.05) is 30.3 Å². The predicted molar refractivity (Wildman–Crippen MR) is 119 cm³/mol. The van der Waals surface area contributed by atoms with Crippen LogP contribution >= 0.6 is 0 Å². The number of carbonyl (C=O) groups is 1. The molecule has 2 fully saturated rings. The molecule has 4 heteroatoms. The predicted octanol–water partition coefficient (Wildman–Crippen LogP) is 5.82. The number of piperidine rings is 2. The first-order chi connectivity index (χ1) is 13.3. The molecular weight excluding hydrogens is 360 g/mol. The van der Waals surface area contributed by atoms with E-state index >= 15 is 0 Å². The Hall–Kier alpha value is -1.39. The molecule has 2 saturated heterocycles. The molecule has 162 valence electrons. The van der Waals surface area contributed by atoms with Crippen LogP contribution in [-0.2, 0) is 4.74 Å². The van der Waals surface area contributed by atoms with Crippen molar-refractivity contribution in [3.8, 4) is 0 Å². The summed E-state index contributed by atoms with van der Waals surface area (Å²) in [5, 5.41) is 5.30. The molecule has 0 radical (unpaired) electrons. The van der Waals surface area contributed by atoms with Crippen LogP contribution in [0.2, 0.25) is 0 Å². The zero-order valence-electron chi connectivity index (χ0n) is 19.7. The minimum absolute atomic E-state index is 0.0834. The van der Waals surface area contributed by atoms with Crippen LogP contribution in [0.3, 0.4) is 0 Å². The van der Waals surface area contributed by atoms with E-state index in [1.54, 1.807) is 0 Å². The summed E-state index contributed by atoms with van der Waals surface area (Å²) in [5.41, 5.74) is 0.599. The summed E-state index contributed by atoms with van der Waals surface area (Å²) >= 11 is 0. The monoisotopic (exact) mass is 400 g/mol. The Morgan fingerprint density at radius 2 is 1.24 bits per heavy atom. The smallest absolute Gasteiger partial charge is 0.338 e. The van der Waals surface area contributed by atoms with Gasteiger partial charge in [-0.3, -0.25) is 0 Å². The molecular formula is C25H40N2O2. The van der Waals surface area contributed by atoms with E-state index in [1.165, 1.54) is 19.3 Å². The highest BCUT2D eigenvalue weighted by Crippen LogP contribution is 2.49. The number of nitrogens with zero attached hydrogens (tertiary/aromatic N) is 2. The zero-order valence-corrected chi connectivity index (χ0v) is 19.7. The van der Waals surface area contributed by atoms with Crippen molar-refractivity contribution >= 4 is 5.97 Å². The minimum atomic E-state index is -0.214. The molecule has 1 aromatic carbocycles. The molecule has 0 spiro atoms. The summed E-state index contributed by atoms with van der Waals surface area (Å²) in [6.45, 7) is 18.7. The Bertz CT molecular complexity index is 702. The Kier molecular flexibility index (Phi) is 5.68. The third kappa shape index (κ3) is 4.39. The average Bonchev–Trinajstić information content (AvgIpc) is 2.56. The molecule has 2 heterocycles. The maximum Gasteiger partial charge on any atom is 0.338 e. The number of hydrazine groups is 1. The minimum Gasteiger partial charge on any atom is -0.459 e. The summed E-state index contributed by atoms with van der Waals surface area (Å²) in [6, 6.07) is 9.34. The van der Waals surface area contributed by atoms with Crippen molar-refractivity contribution in [3.05, 3.63) is 35.9 Å². The highest BCUT2D eigenvalue weighted by Gasteiger charge is 2.56. The fraction of sp³-hybridized carbons (Fsp3) is 0.720. The van der Waals surface area contributed by atoms with E-state index in [0.717, 1.165) is 12.8 Å². The molecule has 2 aliphatic heterocycles. The Labute approximate surface area is 177 Å². The summed E-state index contributed by atoms with van der Waals surface area (Å²) < 4.78 is 6.00. The van der Waals surface area contributed by atoms with Gasteiger partial charge >= 0.3 is 5.97 Å². The molecule has 0 unspecified atom stereocenters. The van der Waals surface area contributed by atoms with Crippen LogP contribution in [0.25, 0.3) is 0 Å². The third-order valence-electron chi connectivity index (χ3n) is 6.81. The van der Waals surface area contributed by atoms with Gasteiger partial charge in [0.2, 0.25) is 0 Å². The lowest BCUT2D eigenvalue weighted by molar-refractivity contribution is -0.282. The maximum absolute atomic E-state index is 12.7. The molecule has 0 N–H and O–H groups in total. The quantitative estimate of drug-likeness (QED) is 0.598. The van der Waals surface area contributed by atoms with Crippen molar-refractivity contribution in [3.63, 3.8) is 0 Å². The van der Waals surface area contributed by atoms with E-state index in [4.69, 9.17) is 4.74 Å². The molecule has 0 amide bonds. The summed E-state index contributed by atoms with van der Waals surface area (Å²) in [6.07, 6.45) is 5.24. The first-order valence-electron chi connectivity index (χ1n) is 11.1. The van der Waals surface area contributed by atoms with Gasteiger partial charge in [-0.25, -0.2) is 14.8 Å². The normalized spacial score (nSPS) is 26.8. The summed E-state index contributed by atoms with van der Waals surface area (Å²) in [5.74, 6) is -0.214. The number of rotatable bonds is 3. The molecule has 0 saturated carbocycles. The van der Waals surface area contributed by atoms with Crippen LogP contribution in [0.4, 0.5) is 0 Å². The van der Waals surface area contributed by atoms with Crippen molar-refractivity contribution in [2.24, 2.45) is 0 Å². The lowest BCUT2D eigenvalue weighted by atomic mass is 9.76. The van der Waals surface area contributed by atoms with Gasteiger partial charge < -0.3 is 4.74 Å². The first-order valence-corrected chi connectivity index (χ1v) is 11.1. The molecule has 0 bridgehead atoms. The summed E-state index contributed by atoms with van der Waals surface area (Å²) in [4.78, 5) is 12.7. The van der Waals surface area contributed by atoms with Crippen molar-refractivity contribution in [2.45, 2.75) is 116 Å². The van der Waals surface area contributed by atoms with Gasteiger partial charge in [-0.15, -0.1) is 0 Å². The van der Waals surface area contributed by atoms with Gasteiger partial charge in [0.25, 0.3) is 0 Å². The Morgan fingerprint density at radius 1 is 0.793 bits per heavy atom. The van der Waals surface area contributed by atoms with Gasteiger partial charge in [0, 0.05) is 35.0 Å². The second-order valence-corrected chi connectivity index (χ2v) is 11.5. The zero-order chi connectivity index (χ0) is 21.7. The number of carbonyl (C=O) groups excluding carboxylic acids is 1. The fourth-order valence-electron chi connectivity index (χ4n) is 6.12. The van der Waals surface area contributed by atoms with Crippen LogP contribution in [0.1, 0.15) is 97.9 Å². The van der Waals surface area contributed by atoms with Crippen molar-refractivity contribution < 1.29 is 9.53 Å². The van der Waals surface area contributed by atoms with E-state index in [0.29, 0.717) is 5.56 Å². The lowest BCUT2D eigenvalue weighted by Gasteiger charge is -2.67. The highest BCUT2D eigenvalue weighted by molar-refractivity contribution is 5.89. The van der Waals surface area contributed by atoms with Gasteiger partial charge in [0.05, 0.1) is 5.56 Å². The van der Waals surface area contributed by atoms with Crippen LogP contribution < -0.4 is 0 Å².